The maximum atomic E-state index is 5.78. The first kappa shape index (κ1) is 116. The van der Waals surface area contributed by atoms with Gasteiger partial charge < -0.3 is 0 Å². The average Bonchev–Trinajstić information content (AvgIpc) is 0.838. The Morgan fingerprint density at radius 1 is 0.295 bits per heavy atom. The van der Waals surface area contributed by atoms with Crippen molar-refractivity contribution < 1.29 is 9.99 Å². The lowest BCUT2D eigenvalue weighted by molar-refractivity contribution is 0.116. The molecule has 8 aliphatic carbocycles. The zero-order valence-electron chi connectivity index (χ0n) is 80.4. The van der Waals surface area contributed by atoms with Gasteiger partial charge in [-0.3, -0.25) is 0 Å². The van der Waals surface area contributed by atoms with Crippen molar-refractivity contribution in [3.63, 3.8) is 0 Å². The predicted octanol–water partition coefficient (Wildman–Crippen LogP) is 41.1. The van der Waals surface area contributed by atoms with Crippen LogP contribution in [0.25, 0.3) is 0 Å². The Morgan fingerprint density at radius 2 is 0.571 bits per heavy atom. The summed E-state index contributed by atoms with van der Waals surface area (Å²) in [7, 11) is 0. The number of hydrogen-bond acceptors (Lipinski definition) is 0. The van der Waals surface area contributed by atoms with E-state index in [-0.39, 0.29) is 20.7 Å². The van der Waals surface area contributed by atoms with Gasteiger partial charge in [-0.1, -0.05) is 498 Å². The fourth-order valence-corrected chi connectivity index (χ4v) is 17.0. The molecule has 9 unspecified atom stereocenters. The van der Waals surface area contributed by atoms with Crippen molar-refractivity contribution in [1.29, 1.82) is 0 Å². The summed E-state index contributed by atoms with van der Waals surface area (Å²) in [6.45, 7) is 75.2. The van der Waals surface area contributed by atoms with E-state index in [2.05, 4.69) is 215 Å². The van der Waals surface area contributed by atoms with Crippen LogP contribution in [0.1, 0.15) is 553 Å². The van der Waals surface area contributed by atoms with Gasteiger partial charge >= 0.3 is 0 Å². The molecule has 0 heterocycles. The van der Waals surface area contributed by atoms with Gasteiger partial charge in [-0.05, 0) is 156 Å². The predicted molar refractivity (Wildman–Crippen MR) is 512 cm³/mol. The van der Waals surface area contributed by atoms with Crippen LogP contribution in [0, 0.1) is 111 Å². The molecular formula is C103H230Cl2. The lowest BCUT2D eigenvalue weighted by atomic mass is 9.65. The molecule has 0 radical (unpaired) electrons. The second-order valence-corrected chi connectivity index (χ2v) is 40.6. The first-order valence-electron chi connectivity index (χ1n) is 48.9. The molecule has 0 aromatic carbocycles. The summed E-state index contributed by atoms with van der Waals surface area (Å²) in [4.78, 5) is 0. The van der Waals surface area contributed by atoms with Crippen molar-refractivity contribution in [3.8, 4) is 0 Å². The fourth-order valence-electron chi connectivity index (χ4n) is 16.6. The zero-order chi connectivity index (χ0) is 81.6. The van der Waals surface area contributed by atoms with Crippen molar-refractivity contribution in [1.82, 2.24) is 0 Å². The van der Waals surface area contributed by atoms with Crippen LogP contribution in [0.15, 0.2) is 0 Å². The van der Waals surface area contributed by atoms with Crippen LogP contribution in [-0.2, 0) is 0 Å². The van der Waals surface area contributed by atoms with Crippen molar-refractivity contribution in [2.75, 3.05) is 0 Å². The summed E-state index contributed by atoms with van der Waals surface area (Å²) in [6.07, 6.45) is 70.0. The second kappa shape index (κ2) is 79.8. The molecule has 0 aliphatic heterocycles. The molecule has 2 heteroatoms. The molecule has 0 aromatic heterocycles. The van der Waals surface area contributed by atoms with E-state index in [9.17, 15) is 0 Å². The van der Waals surface area contributed by atoms with Crippen molar-refractivity contribution in [3.05, 3.63) is 0 Å². The SMILES string of the molecule is CC1(C)CCCC(C)(C)C1.CC1CCC(C)CC1.CC1CCC(CC2CCC(C)CC2)CC1.CC1CCCC(C)C1.CC1CCCCC1C.CCC.CCC.CCC.CCC.CCC(C)C1CCCCC1.CCC(C)CC.CCC(C)CCC(C)CC.CCC(Cl)C(Cl)CC.CCC1CCC(CC)CC1.[HH].[HH].[HH].[HH].[HH].[HH].[HH]. The molecule has 0 bridgehead atoms. The highest BCUT2D eigenvalue weighted by atomic mass is 35.5. The van der Waals surface area contributed by atoms with Crippen LogP contribution in [0.4, 0.5) is 0 Å². The third-order valence-corrected chi connectivity index (χ3v) is 27.3. The van der Waals surface area contributed by atoms with E-state index in [0.29, 0.717) is 10.8 Å². The molecule has 8 saturated carbocycles. The van der Waals surface area contributed by atoms with Gasteiger partial charge in [0.15, 0.2) is 0 Å². The summed E-state index contributed by atoms with van der Waals surface area (Å²) in [5.74, 6) is 17.3. The Bertz CT molecular complexity index is 1520. The smallest absolute Gasteiger partial charge is 0.0497 e. The van der Waals surface area contributed by atoms with Gasteiger partial charge in [0.1, 0.15) is 0 Å². The first-order chi connectivity index (χ1) is 49.6. The number of alkyl halides is 2. The maximum Gasteiger partial charge on any atom is 0.0497 e. The minimum Gasteiger partial charge on any atom is -0.121 e. The second-order valence-electron chi connectivity index (χ2n) is 39.5. The van der Waals surface area contributed by atoms with E-state index < -0.39 is 0 Å². The van der Waals surface area contributed by atoms with E-state index in [1.165, 1.54) is 295 Å². The molecule has 0 spiro atoms. The van der Waals surface area contributed by atoms with Gasteiger partial charge in [-0.2, -0.15) is 0 Å². The summed E-state index contributed by atoms with van der Waals surface area (Å²) in [6, 6.07) is 0. The minimum absolute atomic E-state index is 0. The van der Waals surface area contributed by atoms with E-state index in [0.717, 1.165) is 113 Å². The van der Waals surface area contributed by atoms with Crippen LogP contribution in [-0.4, -0.2) is 10.8 Å². The van der Waals surface area contributed by atoms with Crippen LogP contribution >= 0.6 is 23.2 Å². The molecule has 0 amide bonds. The van der Waals surface area contributed by atoms with Crippen LogP contribution in [0.5, 0.6) is 0 Å². The van der Waals surface area contributed by atoms with E-state index in [4.69, 9.17) is 23.2 Å². The molecule has 8 fully saturated rings. The maximum absolute atomic E-state index is 5.78. The van der Waals surface area contributed by atoms with Crippen LogP contribution in [0.2, 0.25) is 0 Å². The Balaban J connectivity index is -0.0000000869. The fraction of sp³-hybridized carbons (Fsp3) is 1.00. The lowest BCUT2D eigenvalue weighted by Gasteiger charge is -2.40. The lowest BCUT2D eigenvalue weighted by Crippen LogP contribution is -2.28. The van der Waals surface area contributed by atoms with E-state index >= 15 is 0 Å². The molecule has 0 saturated heterocycles. The molecule has 9 atom stereocenters. The first-order valence-corrected chi connectivity index (χ1v) is 49.8. The van der Waals surface area contributed by atoms with Crippen LogP contribution < -0.4 is 0 Å². The molecule has 0 nitrogen and oxygen atoms in total. The Morgan fingerprint density at radius 3 is 0.781 bits per heavy atom. The zero-order valence-corrected chi connectivity index (χ0v) is 81.9. The normalized spacial score (nSPS) is 27.9. The summed E-state index contributed by atoms with van der Waals surface area (Å²) in [5, 5.41) is 0.309. The number of halogens is 2. The molecular weight excluding hydrogens is 1310 g/mol. The molecule has 656 valence electrons. The largest absolute Gasteiger partial charge is 0.121 e. The minimum atomic E-state index is 0. The molecule has 8 aliphatic rings. The summed E-state index contributed by atoms with van der Waals surface area (Å²) in [5.41, 5.74) is 1.23. The standard InChI is InChI=1S/C15H28.3C10H20.C10H22.3C8H16.C6H12Cl2.C6H14.4C3H8.7H2/c1-12-3-7-14(8-4-12)11-15-9-5-13(2)6-10-15;1-9(2)6-5-7-10(3,4)8-9;1-3-9(2)10-7-5-4-6-8-10;1-3-9-5-7-10(4-2)8-6-9;1-5-9(3)7-8-10(4)6-2;1-7-3-5-8(2)6-4-7;1-7-4-3-5-8(2)6-7;1-7-5-3-4-6-8(7)2;1-3-5(7)6(8)4-2;1-4-6(3)5-2;4*1-3-2;;;;;;;/h12-15H,3-11H2,1-2H3;5-8H2,1-4H3;2*9-10H,3-8H2,1-2H3;9-10H,5-8H2,1-4H3;3*7-8H,3-6H2,1-2H3;5-6H,3-4H2,1-2H3;6H,4-5H2,1-3H3;4*3H2,1-2H3;7*1H. The Hall–Kier alpha value is 0.580. The summed E-state index contributed by atoms with van der Waals surface area (Å²) < 4.78 is 0. The number of hydrogen-bond donors (Lipinski definition) is 0. The Labute approximate surface area is 694 Å². The molecule has 0 N–H and O–H groups in total. The average molecular weight is 1540 g/mol. The topological polar surface area (TPSA) is 0 Å². The molecule has 0 aromatic rings. The third kappa shape index (κ3) is 78.3. The van der Waals surface area contributed by atoms with Gasteiger partial charge in [0.2, 0.25) is 0 Å². The highest BCUT2D eigenvalue weighted by Crippen LogP contribution is 2.46. The van der Waals surface area contributed by atoms with Crippen LogP contribution in [0.3, 0.4) is 0 Å². The highest BCUT2D eigenvalue weighted by molar-refractivity contribution is 6.29. The highest BCUT2D eigenvalue weighted by Gasteiger charge is 2.33. The van der Waals surface area contributed by atoms with Crippen molar-refractivity contribution in [2.24, 2.45) is 111 Å². The van der Waals surface area contributed by atoms with Crippen molar-refractivity contribution in [2.45, 2.75) is 554 Å². The van der Waals surface area contributed by atoms with Gasteiger partial charge in [-0.25, -0.2) is 0 Å². The van der Waals surface area contributed by atoms with Gasteiger partial charge in [0, 0.05) is 20.7 Å². The van der Waals surface area contributed by atoms with Gasteiger partial charge in [-0.15, -0.1) is 23.2 Å². The monoisotopic (exact) mass is 1540 g/mol. The van der Waals surface area contributed by atoms with Crippen molar-refractivity contribution >= 4 is 23.2 Å². The van der Waals surface area contributed by atoms with E-state index in [1.54, 1.807) is 6.42 Å². The molecule has 8 rings (SSSR count). The molecule has 105 heavy (non-hydrogen) atoms. The Kier molecular flexibility index (Phi) is 88.5. The van der Waals surface area contributed by atoms with Gasteiger partial charge in [0.25, 0.3) is 0 Å². The third-order valence-electron chi connectivity index (χ3n) is 26.0. The number of rotatable bonds is 16. The van der Waals surface area contributed by atoms with E-state index in [1.807, 2.05) is 13.8 Å². The quantitative estimate of drug-likeness (QED) is 0.135. The van der Waals surface area contributed by atoms with Gasteiger partial charge in [0.05, 0.1) is 0 Å². The summed E-state index contributed by atoms with van der Waals surface area (Å²) >= 11 is 11.6.